The predicted octanol–water partition coefficient (Wildman–Crippen LogP) is 0.400. The number of carbonyl (C=O) groups is 1. The molecule has 106 valence electrons. The van der Waals surface area contributed by atoms with E-state index in [0.29, 0.717) is 18.9 Å². The van der Waals surface area contributed by atoms with Gasteiger partial charge in [-0.3, -0.25) is 9.59 Å². The lowest BCUT2D eigenvalue weighted by Crippen LogP contribution is -2.34. The van der Waals surface area contributed by atoms with E-state index >= 15 is 0 Å². The van der Waals surface area contributed by atoms with Gasteiger partial charge >= 0.3 is 0 Å². The first kappa shape index (κ1) is 15.4. The van der Waals surface area contributed by atoms with Gasteiger partial charge in [-0.05, 0) is 25.3 Å². The fourth-order valence-electron chi connectivity index (χ4n) is 1.73. The zero-order valence-electron chi connectivity index (χ0n) is 11.6. The highest BCUT2D eigenvalue weighted by Gasteiger charge is 2.12. The van der Waals surface area contributed by atoms with E-state index in [1.54, 1.807) is 6.92 Å². The second kappa shape index (κ2) is 7.04. The van der Waals surface area contributed by atoms with E-state index in [0.717, 1.165) is 0 Å². The lowest BCUT2D eigenvalue weighted by molar-refractivity contribution is 0.0893. The number of carbonyl (C=O) groups excluding carboxylic acids is 1. The highest BCUT2D eigenvalue weighted by Crippen LogP contribution is 2.03. The summed E-state index contributed by atoms with van der Waals surface area (Å²) in [6, 6.07) is 2.70. The molecular formula is C13H21N3O3. The number of hydrogen-bond acceptors (Lipinski definition) is 4. The van der Waals surface area contributed by atoms with Crippen molar-refractivity contribution in [1.82, 2.24) is 15.1 Å². The third-order valence-corrected chi connectivity index (χ3v) is 2.64. The number of amides is 1. The van der Waals surface area contributed by atoms with Crippen LogP contribution in [0.5, 0.6) is 0 Å². The molecule has 0 aliphatic heterocycles. The topological polar surface area (TPSA) is 84.2 Å². The van der Waals surface area contributed by atoms with Crippen molar-refractivity contribution in [1.29, 1.82) is 0 Å². The van der Waals surface area contributed by atoms with Crippen molar-refractivity contribution < 1.29 is 9.90 Å². The quantitative estimate of drug-likeness (QED) is 0.781. The molecule has 6 nitrogen and oxygen atoms in total. The number of aliphatic hydroxyl groups excluding tert-OH is 1. The van der Waals surface area contributed by atoms with Crippen LogP contribution in [-0.2, 0) is 6.54 Å². The Kier molecular flexibility index (Phi) is 5.69. The van der Waals surface area contributed by atoms with Crippen LogP contribution < -0.4 is 10.9 Å². The molecule has 0 spiro atoms. The second-order valence-corrected chi connectivity index (χ2v) is 4.87. The van der Waals surface area contributed by atoms with Crippen LogP contribution in [-0.4, -0.2) is 33.4 Å². The zero-order chi connectivity index (χ0) is 14.4. The monoisotopic (exact) mass is 267 g/mol. The molecule has 1 aromatic rings. The minimum atomic E-state index is -0.568. The van der Waals surface area contributed by atoms with Gasteiger partial charge in [-0.1, -0.05) is 13.8 Å². The zero-order valence-corrected chi connectivity index (χ0v) is 11.6. The van der Waals surface area contributed by atoms with Crippen LogP contribution in [0.2, 0.25) is 0 Å². The lowest BCUT2D eigenvalue weighted by Gasteiger charge is -2.13. The summed E-state index contributed by atoms with van der Waals surface area (Å²) in [6.07, 6.45) is 0.0587. The summed E-state index contributed by atoms with van der Waals surface area (Å²) in [6.45, 7) is 6.38. The summed E-state index contributed by atoms with van der Waals surface area (Å²) in [5, 5.41) is 16.2. The van der Waals surface area contributed by atoms with Gasteiger partial charge in [-0.15, -0.1) is 0 Å². The van der Waals surface area contributed by atoms with Crippen LogP contribution in [0.15, 0.2) is 16.9 Å². The molecule has 1 amide bonds. The number of aromatic nitrogens is 2. The first-order valence-electron chi connectivity index (χ1n) is 6.48. The van der Waals surface area contributed by atoms with E-state index in [4.69, 9.17) is 0 Å². The van der Waals surface area contributed by atoms with Gasteiger partial charge < -0.3 is 10.4 Å². The first-order valence-corrected chi connectivity index (χ1v) is 6.48. The highest BCUT2D eigenvalue weighted by atomic mass is 16.3. The minimum Gasteiger partial charge on any atom is -0.391 e. The summed E-state index contributed by atoms with van der Waals surface area (Å²) in [4.78, 5) is 23.2. The maximum atomic E-state index is 11.8. The normalized spacial score (nSPS) is 12.5. The van der Waals surface area contributed by atoms with E-state index in [-0.39, 0.29) is 23.7 Å². The van der Waals surface area contributed by atoms with Crippen molar-refractivity contribution in [3.8, 4) is 0 Å². The summed E-state index contributed by atoms with van der Waals surface area (Å²) < 4.78 is 1.22. The molecule has 1 atom stereocenters. The molecule has 1 unspecified atom stereocenters. The van der Waals surface area contributed by atoms with Gasteiger partial charge in [0.05, 0.1) is 6.10 Å². The molecule has 2 N–H and O–H groups in total. The smallest absolute Gasteiger partial charge is 0.271 e. The SMILES string of the molecule is CCn1nc(C(=O)NCC(O)CC(C)C)ccc1=O. The van der Waals surface area contributed by atoms with Gasteiger partial charge in [0, 0.05) is 19.2 Å². The third-order valence-electron chi connectivity index (χ3n) is 2.64. The Morgan fingerprint density at radius 3 is 2.74 bits per heavy atom. The third kappa shape index (κ3) is 4.82. The van der Waals surface area contributed by atoms with Gasteiger partial charge in [-0.25, -0.2) is 4.68 Å². The number of aryl methyl sites for hydroxylation is 1. The van der Waals surface area contributed by atoms with E-state index in [1.807, 2.05) is 13.8 Å². The Hall–Kier alpha value is -1.69. The van der Waals surface area contributed by atoms with E-state index in [2.05, 4.69) is 10.4 Å². The Morgan fingerprint density at radius 2 is 2.16 bits per heavy atom. The Labute approximate surface area is 112 Å². The average molecular weight is 267 g/mol. The number of nitrogens with zero attached hydrogens (tertiary/aromatic N) is 2. The fraction of sp³-hybridized carbons (Fsp3) is 0.615. The van der Waals surface area contributed by atoms with Gasteiger partial charge in [-0.2, -0.15) is 5.10 Å². The molecular weight excluding hydrogens is 246 g/mol. The molecule has 0 bridgehead atoms. The van der Waals surface area contributed by atoms with Crippen molar-refractivity contribution in [2.24, 2.45) is 5.92 Å². The van der Waals surface area contributed by atoms with E-state index in [9.17, 15) is 14.7 Å². The molecule has 0 saturated heterocycles. The molecule has 0 aromatic carbocycles. The van der Waals surface area contributed by atoms with Crippen molar-refractivity contribution in [2.75, 3.05) is 6.54 Å². The molecule has 0 fully saturated rings. The van der Waals surface area contributed by atoms with E-state index < -0.39 is 6.10 Å². The van der Waals surface area contributed by atoms with Gasteiger partial charge in [0.25, 0.3) is 11.5 Å². The summed E-state index contributed by atoms with van der Waals surface area (Å²) in [5.74, 6) is -0.0166. The van der Waals surface area contributed by atoms with Gasteiger partial charge in [0.2, 0.25) is 0 Å². The van der Waals surface area contributed by atoms with Crippen LogP contribution in [0.25, 0.3) is 0 Å². The number of hydrogen-bond donors (Lipinski definition) is 2. The van der Waals surface area contributed by atoms with Crippen LogP contribution in [0.4, 0.5) is 0 Å². The molecule has 0 aliphatic rings. The molecule has 1 aromatic heterocycles. The van der Waals surface area contributed by atoms with Crippen LogP contribution in [0.3, 0.4) is 0 Å². The maximum absolute atomic E-state index is 11.8. The molecule has 1 rings (SSSR count). The first-order chi connectivity index (χ1) is 8.93. The predicted molar refractivity (Wildman–Crippen MR) is 72.0 cm³/mol. The Balaban J connectivity index is 2.61. The standard InChI is InChI=1S/C13H21N3O3/c1-4-16-12(18)6-5-11(15-16)13(19)14-8-10(17)7-9(2)3/h5-6,9-10,17H,4,7-8H2,1-3H3,(H,14,19). The lowest BCUT2D eigenvalue weighted by atomic mass is 10.1. The Morgan fingerprint density at radius 1 is 1.47 bits per heavy atom. The molecule has 19 heavy (non-hydrogen) atoms. The molecule has 1 heterocycles. The minimum absolute atomic E-state index is 0.179. The van der Waals surface area contributed by atoms with Gasteiger partial charge in [0.1, 0.15) is 5.69 Å². The number of nitrogens with one attached hydrogen (secondary N) is 1. The average Bonchev–Trinajstić information content (AvgIpc) is 2.35. The fourth-order valence-corrected chi connectivity index (χ4v) is 1.73. The summed E-state index contributed by atoms with van der Waals surface area (Å²) in [7, 11) is 0. The Bertz CT molecular complexity index is 482. The number of aliphatic hydroxyl groups is 1. The van der Waals surface area contributed by atoms with Crippen LogP contribution >= 0.6 is 0 Å². The summed E-state index contributed by atoms with van der Waals surface area (Å²) in [5.41, 5.74) is -0.0583. The van der Waals surface area contributed by atoms with Crippen molar-refractivity contribution >= 4 is 5.91 Å². The molecule has 0 radical (unpaired) electrons. The number of rotatable bonds is 6. The maximum Gasteiger partial charge on any atom is 0.271 e. The molecule has 0 saturated carbocycles. The van der Waals surface area contributed by atoms with Gasteiger partial charge in [0.15, 0.2) is 0 Å². The molecule has 0 aliphatic carbocycles. The van der Waals surface area contributed by atoms with Crippen molar-refractivity contribution in [2.45, 2.75) is 39.8 Å². The van der Waals surface area contributed by atoms with Crippen LogP contribution in [0.1, 0.15) is 37.7 Å². The highest BCUT2D eigenvalue weighted by molar-refractivity contribution is 5.91. The van der Waals surface area contributed by atoms with Crippen molar-refractivity contribution in [3.05, 3.63) is 28.2 Å². The largest absolute Gasteiger partial charge is 0.391 e. The van der Waals surface area contributed by atoms with E-state index in [1.165, 1.54) is 16.8 Å². The summed E-state index contributed by atoms with van der Waals surface area (Å²) >= 11 is 0. The van der Waals surface area contributed by atoms with Crippen molar-refractivity contribution in [3.63, 3.8) is 0 Å². The second-order valence-electron chi connectivity index (χ2n) is 4.87. The molecule has 6 heteroatoms. The van der Waals surface area contributed by atoms with Crippen LogP contribution in [0, 0.1) is 5.92 Å².